The number of amides is 1. The van der Waals surface area contributed by atoms with Crippen LogP contribution in [0, 0.1) is 0 Å². The van der Waals surface area contributed by atoms with E-state index in [2.05, 4.69) is 28.2 Å². The molecule has 2 aromatic rings. The predicted molar refractivity (Wildman–Crippen MR) is 110 cm³/mol. The summed E-state index contributed by atoms with van der Waals surface area (Å²) in [5, 5.41) is 3.39. The van der Waals surface area contributed by atoms with Gasteiger partial charge >= 0.3 is 5.97 Å². The van der Waals surface area contributed by atoms with Gasteiger partial charge in [0.25, 0.3) is 5.91 Å². The number of nitrogens with one attached hydrogen (secondary N) is 1. The van der Waals surface area contributed by atoms with Gasteiger partial charge in [-0.1, -0.05) is 13.0 Å². The average Bonchev–Trinajstić information content (AvgIpc) is 3.04. The second kappa shape index (κ2) is 8.89. The summed E-state index contributed by atoms with van der Waals surface area (Å²) in [5.41, 5.74) is 2.71. The third kappa shape index (κ3) is 4.52. The van der Waals surface area contributed by atoms with Crippen molar-refractivity contribution < 1.29 is 19.1 Å². The number of methoxy groups -OCH3 is 1. The van der Waals surface area contributed by atoms with Crippen molar-refractivity contribution in [2.24, 2.45) is 0 Å². The van der Waals surface area contributed by atoms with E-state index in [4.69, 9.17) is 9.47 Å². The van der Waals surface area contributed by atoms with E-state index in [-0.39, 0.29) is 12.5 Å². The van der Waals surface area contributed by atoms with Crippen molar-refractivity contribution in [1.29, 1.82) is 0 Å². The summed E-state index contributed by atoms with van der Waals surface area (Å²) in [4.78, 5) is 25.8. The topological polar surface area (TPSA) is 64.6 Å². The average molecular weight is 452 g/mol. The monoisotopic (exact) mass is 451 g/mol. The van der Waals surface area contributed by atoms with E-state index < -0.39 is 5.97 Å². The molecule has 0 bridgehead atoms. The van der Waals surface area contributed by atoms with Gasteiger partial charge in [-0.3, -0.25) is 4.79 Å². The molecule has 0 saturated carbocycles. The Bertz CT molecular complexity index is 862. The molecule has 1 aromatic heterocycles. The lowest BCUT2D eigenvalue weighted by molar-refractivity contribution is -0.118. The fourth-order valence-corrected chi connectivity index (χ4v) is 4.99. The normalized spacial score (nSPS) is 13.0. The van der Waals surface area contributed by atoms with Gasteiger partial charge in [-0.05, 0) is 71.3 Å². The maximum Gasteiger partial charge on any atom is 0.341 e. The van der Waals surface area contributed by atoms with E-state index in [0.717, 1.165) is 47.0 Å². The number of ether oxygens (including phenoxy) is 2. The molecule has 0 saturated heterocycles. The fraction of sp³-hybridized carbons (Fsp3) is 0.400. The number of benzene rings is 1. The molecule has 1 N–H and O–H groups in total. The smallest absolute Gasteiger partial charge is 0.341 e. The third-order valence-corrected chi connectivity index (χ3v) is 6.40. The van der Waals surface area contributed by atoms with E-state index in [0.29, 0.717) is 16.3 Å². The SMILES string of the molecule is CCc1ccc(OCC(=O)Nc2sc3c(c2C(=O)OC)CCCC3)c(Br)c1. The Hall–Kier alpha value is -1.86. The van der Waals surface area contributed by atoms with Gasteiger partial charge in [0.2, 0.25) is 0 Å². The summed E-state index contributed by atoms with van der Waals surface area (Å²) in [6.07, 6.45) is 4.86. The third-order valence-electron chi connectivity index (χ3n) is 4.58. The number of carbonyl (C=O) groups is 2. The summed E-state index contributed by atoms with van der Waals surface area (Å²) in [5.74, 6) is -0.0882. The van der Waals surface area contributed by atoms with Gasteiger partial charge in [-0.2, -0.15) is 0 Å². The summed E-state index contributed by atoms with van der Waals surface area (Å²) in [6.45, 7) is 1.95. The van der Waals surface area contributed by atoms with Gasteiger partial charge in [0.15, 0.2) is 6.61 Å². The minimum atomic E-state index is -0.400. The predicted octanol–water partition coefficient (Wildman–Crippen LogP) is 4.76. The first-order chi connectivity index (χ1) is 13.0. The highest BCUT2D eigenvalue weighted by Gasteiger charge is 2.27. The molecular weight excluding hydrogens is 430 g/mol. The van der Waals surface area contributed by atoms with Crippen molar-refractivity contribution in [2.75, 3.05) is 19.0 Å². The van der Waals surface area contributed by atoms with Crippen LogP contribution in [0.1, 0.15) is 46.1 Å². The molecule has 0 fully saturated rings. The largest absolute Gasteiger partial charge is 0.483 e. The zero-order valence-electron chi connectivity index (χ0n) is 15.4. The highest BCUT2D eigenvalue weighted by Crippen LogP contribution is 2.38. The van der Waals surface area contributed by atoms with Gasteiger partial charge in [-0.25, -0.2) is 4.79 Å². The summed E-state index contributed by atoms with van der Waals surface area (Å²) in [7, 11) is 1.36. The summed E-state index contributed by atoms with van der Waals surface area (Å²) < 4.78 is 11.4. The van der Waals surface area contributed by atoms with Crippen LogP contribution < -0.4 is 10.1 Å². The highest BCUT2D eigenvalue weighted by atomic mass is 79.9. The summed E-state index contributed by atoms with van der Waals surface area (Å²) >= 11 is 4.93. The van der Waals surface area contributed by atoms with Gasteiger partial charge in [-0.15, -0.1) is 11.3 Å². The molecule has 3 rings (SSSR count). The second-order valence-corrected chi connectivity index (χ2v) is 8.32. The number of carbonyl (C=O) groups excluding carboxylic acids is 2. The number of anilines is 1. The number of halogens is 1. The zero-order valence-corrected chi connectivity index (χ0v) is 17.8. The molecule has 7 heteroatoms. The van der Waals surface area contributed by atoms with E-state index in [1.165, 1.54) is 24.0 Å². The number of rotatable bonds is 6. The van der Waals surface area contributed by atoms with Crippen molar-refractivity contribution in [2.45, 2.75) is 39.0 Å². The molecule has 0 aliphatic heterocycles. The molecule has 0 radical (unpaired) electrons. The lowest BCUT2D eigenvalue weighted by Gasteiger charge is -2.12. The maximum absolute atomic E-state index is 12.4. The van der Waals surface area contributed by atoms with Crippen LogP contribution in [-0.4, -0.2) is 25.6 Å². The number of hydrogen-bond acceptors (Lipinski definition) is 5. The molecule has 1 heterocycles. The quantitative estimate of drug-likeness (QED) is 0.643. The van der Waals surface area contributed by atoms with Crippen LogP contribution in [0.2, 0.25) is 0 Å². The minimum absolute atomic E-state index is 0.132. The first-order valence-corrected chi connectivity index (χ1v) is 10.6. The van der Waals surface area contributed by atoms with Gasteiger partial charge < -0.3 is 14.8 Å². The number of aryl methyl sites for hydroxylation is 2. The molecule has 1 aliphatic carbocycles. The van der Waals surface area contributed by atoms with Crippen molar-refractivity contribution in [3.63, 3.8) is 0 Å². The van der Waals surface area contributed by atoms with Gasteiger partial charge in [0, 0.05) is 4.88 Å². The Labute approximate surface area is 171 Å². The Morgan fingerprint density at radius 2 is 2.04 bits per heavy atom. The molecule has 0 atom stereocenters. The number of hydrogen-bond donors (Lipinski definition) is 1. The Morgan fingerprint density at radius 1 is 1.26 bits per heavy atom. The van der Waals surface area contributed by atoms with Crippen LogP contribution in [0.3, 0.4) is 0 Å². The molecule has 0 unspecified atom stereocenters. The Kier molecular flexibility index (Phi) is 6.55. The fourth-order valence-electron chi connectivity index (χ4n) is 3.16. The standard InChI is InChI=1S/C20H22BrNO4S/c1-3-12-8-9-15(14(21)10-12)26-11-17(23)22-19-18(20(24)25-2)13-6-4-5-7-16(13)27-19/h8-10H,3-7,11H2,1-2H3,(H,22,23). The van der Waals surface area contributed by atoms with Crippen molar-refractivity contribution in [3.05, 3.63) is 44.2 Å². The lowest BCUT2D eigenvalue weighted by Crippen LogP contribution is -2.21. The zero-order chi connectivity index (χ0) is 19.4. The first-order valence-electron chi connectivity index (χ1n) is 8.97. The van der Waals surface area contributed by atoms with Gasteiger partial charge in [0.1, 0.15) is 10.8 Å². The Balaban J connectivity index is 1.71. The molecule has 5 nitrogen and oxygen atoms in total. The van der Waals surface area contributed by atoms with Crippen LogP contribution in [0.25, 0.3) is 0 Å². The molecule has 0 spiro atoms. The molecule has 144 valence electrons. The summed E-state index contributed by atoms with van der Waals surface area (Å²) in [6, 6.07) is 5.80. The van der Waals surface area contributed by atoms with Crippen LogP contribution in [0.15, 0.2) is 22.7 Å². The van der Waals surface area contributed by atoms with Crippen molar-refractivity contribution in [1.82, 2.24) is 0 Å². The van der Waals surface area contributed by atoms with Gasteiger partial charge in [0.05, 0.1) is 17.1 Å². The highest BCUT2D eigenvalue weighted by molar-refractivity contribution is 9.10. The first kappa shape index (κ1) is 19.9. The molecule has 1 amide bonds. The van der Waals surface area contributed by atoms with Crippen LogP contribution in [0.5, 0.6) is 5.75 Å². The molecular formula is C20H22BrNO4S. The number of fused-ring (bicyclic) bond motifs is 1. The van der Waals surface area contributed by atoms with Crippen molar-refractivity contribution in [3.8, 4) is 5.75 Å². The number of esters is 1. The van der Waals surface area contributed by atoms with Crippen molar-refractivity contribution >= 4 is 44.1 Å². The Morgan fingerprint density at radius 3 is 2.74 bits per heavy atom. The van der Waals surface area contributed by atoms with Crippen LogP contribution in [-0.2, 0) is 28.8 Å². The number of thiophene rings is 1. The van der Waals surface area contributed by atoms with E-state index in [1.54, 1.807) is 0 Å². The van der Waals surface area contributed by atoms with Crippen LogP contribution in [0.4, 0.5) is 5.00 Å². The molecule has 27 heavy (non-hydrogen) atoms. The molecule has 1 aliphatic rings. The lowest BCUT2D eigenvalue weighted by atomic mass is 9.95. The maximum atomic E-state index is 12.4. The van der Waals surface area contributed by atoms with E-state index in [1.807, 2.05) is 18.2 Å². The van der Waals surface area contributed by atoms with Crippen LogP contribution >= 0.6 is 27.3 Å². The molecule has 1 aromatic carbocycles. The second-order valence-electron chi connectivity index (χ2n) is 6.36. The van der Waals surface area contributed by atoms with E-state index in [9.17, 15) is 9.59 Å². The minimum Gasteiger partial charge on any atom is -0.483 e. The van der Waals surface area contributed by atoms with E-state index >= 15 is 0 Å².